The summed E-state index contributed by atoms with van der Waals surface area (Å²) in [5.74, 6) is 0. The summed E-state index contributed by atoms with van der Waals surface area (Å²) in [7, 11) is 2.01. The molecule has 0 radical (unpaired) electrons. The molecule has 9 heavy (non-hydrogen) atoms. The lowest BCUT2D eigenvalue weighted by Crippen LogP contribution is -2.25. The van der Waals surface area contributed by atoms with Crippen LogP contribution in [0.1, 0.15) is 5.56 Å². The molecule has 1 aromatic heterocycles. The molecule has 0 bridgehead atoms. The molecule has 0 saturated carbocycles. The standard InChI is InChI=1S/C7H10N.H2O/c1-7-3-5-8(2)6-4-7;/h3-6H,1-2H3;1H2/q+1;/p-1. The van der Waals surface area contributed by atoms with E-state index in [2.05, 4.69) is 19.1 Å². The third kappa shape index (κ3) is 2.24. The Balaban J connectivity index is 0.000000640. The zero-order chi connectivity index (χ0) is 5.98. The third-order valence-corrected chi connectivity index (χ3v) is 1.15. The van der Waals surface area contributed by atoms with E-state index in [1.165, 1.54) is 5.56 Å². The van der Waals surface area contributed by atoms with E-state index in [9.17, 15) is 0 Å². The van der Waals surface area contributed by atoms with Gasteiger partial charge in [0.05, 0.1) is 0 Å². The lowest BCUT2D eigenvalue weighted by molar-refractivity contribution is -0.671. The second-order valence-electron chi connectivity index (χ2n) is 2.04. The fraction of sp³-hybridized carbons (Fsp3) is 0.286. The molecule has 0 aliphatic rings. The van der Waals surface area contributed by atoms with Crippen LogP contribution in [0.3, 0.4) is 0 Å². The number of aromatic nitrogens is 1. The van der Waals surface area contributed by atoms with Crippen molar-refractivity contribution in [2.45, 2.75) is 6.92 Å². The first-order valence-electron chi connectivity index (χ1n) is 2.71. The first-order valence-corrected chi connectivity index (χ1v) is 2.71. The van der Waals surface area contributed by atoms with Gasteiger partial charge in [-0.2, -0.15) is 0 Å². The highest BCUT2D eigenvalue weighted by Crippen LogP contribution is 1.87. The maximum atomic E-state index is 2.08. The second-order valence-corrected chi connectivity index (χ2v) is 2.04. The van der Waals surface area contributed by atoms with Gasteiger partial charge in [-0.1, -0.05) is 0 Å². The van der Waals surface area contributed by atoms with Gasteiger partial charge in [-0.15, -0.1) is 0 Å². The Bertz CT molecular complexity index is 148. The Labute approximate surface area is 55.1 Å². The van der Waals surface area contributed by atoms with E-state index in [0.29, 0.717) is 0 Å². The summed E-state index contributed by atoms with van der Waals surface area (Å²) in [5.41, 5.74) is 1.31. The molecular formula is C7H11NO. The molecule has 0 saturated heterocycles. The monoisotopic (exact) mass is 125 g/mol. The normalized spacial score (nSPS) is 8.22. The average Bonchev–Trinajstić information content (AvgIpc) is 1.77. The van der Waals surface area contributed by atoms with Crippen LogP contribution in [-0.4, -0.2) is 5.48 Å². The van der Waals surface area contributed by atoms with E-state index in [4.69, 9.17) is 0 Å². The summed E-state index contributed by atoms with van der Waals surface area (Å²) in [6.07, 6.45) is 4.07. The molecule has 0 fully saturated rings. The van der Waals surface area contributed by atoms with Crippen LogP contribution in [0.4, 0.5) is 0 Å². The minimum absolute atomic E-state index is 0. The topological polar surface area (TPSA) is 33.9 Å². The van der Waals surface area contributed by atoms with Crippen molar-refractivity contribution >= 4 is 0 Å². The van der Waals surface area contributed by atoms with E-state index in [1.807, 2.05) is 24.0 Å². The van der Waals surface area contributed by atoms with Crippen LogP contribution >= 0.6 is 0 Å². The Morgan fingerprint density at radius 1 is 1.22 bits per heavy atom. The summed E-state index contributed by atoms with van der Waals surface area (Å²) in [6, 6.07) is 4.17. The Kier molecular flexibility index (Phi) is 2.88. The highest BCUT2D eigenvalue weighted by Gasteiger charge is 1.85. The smallest absolute Gasteiger partial charge is 0.168 e. The van der Waals surface area contributed by atoms with Gasteiger partial charge < -0.3 is 5.48 Å². The molecule has 1 rings (SSSR count). The maximum absolute atomic E-state index is 2.08. The molecule has 1 heterocycles. The van der Waals surface area contributed by atoms with Crippen LogP contribution in [0.5, 0.6) is 0 Å². The highest BCUT2D eigenvalue weighted by molar-refractivity contribution is 5.02. The van der Waals surface area contributed by atoms with Crippen molar-refractivity contribution in [1.29, 1.82) is 0 Å². The molecule has 50 valence electrons. The Morgan fingerprint density at radius 3 is 2.00 bits per heavy atom. The van der Waals surface area contributed by atoms with Gasteiger partial charge in [0.1, 0.15) is 7.05 Å². The quantitative estimate of drug-likeness (QED) is 0.468. The predicted molar refractivity (Wildman–Crippen MR) is 34.3 cm³/mol. The van der Waals surface area contributed by atoms with E-state index < -0.39 is 0 Å². The van der Waals surface area contributed by atoms with Gasteiger partial charge in [0, 0.05) is 12.1 Å². The molecule has 0 aliphatic carbocycles. The number of nitrogens with zero attached hydrogens (tertiary/aromatic N) is 1. The molecule has 2 heteroatoms. The molecular weight excluding hydrogens is 114 g/mol. The summed E-state index contributed by atoms with van der Waals surface area (Å²) in [5, 5.41) is 0. The van der Waals surface area contributed by atoms with Crippen molar-refractivity contribution in [3.63, 3.8) is 0 Å². The molecule has 0 spiro atoms. The van der Waals surface area contributed by atoms with Crippen LogP contribution in [-0.2, 0) is 7.05 Å². The van der Waals surface area contributed by atoms with Crippen molar-refractivity contribution in [3.05, 3.63) is 30.1 Å². The zero-order valence-electron chi connectivity index (χ0n) is 5.70. The number of rotatable bonds is 0. The van der Waals surface area contributed by atoms with Gasteiger partial charge in [-0.25, -0.2) is 4.57 Å². The fourth-order valence-electron chi connectivity index (χ4n) is 0.576. The van der Waals surface area contributed by atoms with Crippen molar-refractivity contribution in [2.75, 3.05) is 0 Å². The summed E-state index contributed by atoms with van der Waals surface area (Å²) in [6.45, 7) is 2.08. The first-order chi connectivity index (χ1) is 3.79. The minimum Gasteiger partial charge on any atom is -0.870 e. The van der Waals surface area contributed by atoms with E-state index >= 15 is 0 Å². The SMILES string of the molecule is Cc1cc[n+](C)cc1.[OH-]. The lowest BCUT2D eigenvalue weighted by atomic mass is 10.3. The number of hydrogen-bond donors (Lipinski definition) is 0. The van der Waals surface area contributed by atoms with Gasteiger partial charge in [0.15, 0.2) is 12.4 Å². The predicted octanol–water partition coefficient (Wildman–Crippen LogP) is 0.643. The summed E-state index contributed by atoms with van der Waals surface area (Å²) >= 11 is 0. The van der Waals surface area contributed by atoms with Gasteiger partial charge in [0.25, 0.3) is 0 Å². The summed E-state index contributed by atoms with van der Waals surface area (Å²) in [4.78, 5) is 0. The molecule has 0 atom stereocenters. The number of pyridine rings is 1. The number of aryl methyl sites for hydroxylation is 2. The highest BCUT2D eigenvalue weighted by atomic mass is 16.0. The van der Waals surface area contributed by atoms with Crippen molar-refractivity contribution < 1.29 is 10.0 Å². The molecule has 0 amide bonds. The molecule has 1 N–H and O–H groups in total. The van der Waals surface area contributed by atoms with Crippen molar-refractivity contribution in [1.82, 2.24) is 0 Å². The zero-order valence-corrected chi connectivity index (χ0v) is 5.70. The van der Waals surface area contributed by atoms with Gasteiger partial charge >= 0.3 is 0 Å². The van der Waals surface area contributed by atoms with Gasteiger partial charge in [0.2, 0.25) is 0 Å². The Hall–Kier alpha value is -0.890. The van der Waals surface area contributed by atoms with Crippen LogP contribution < -0.4 is 4.57 Å². The van der Waals surface area contributed by atoms with Crippen LogP contribution in [0, 0.1) is 6.92 Å². The summed E-state index contributed by atoms with van der Waals surface area (Å²) < 4.78 is 2.02. The Morgan fingerprint density at radius 2 is 1.67 bits per heavy atom. The number of hydrogen-bond acceptors (Lipinski definition) is 1. The van der Waals surface area contributed by atoms with Crippen LogP contribution in [0.15, 0.2) is 24.5 Å². The molecule has 0 aliphatic heterocycles. The van der Waals surface area contributed by atoms with Crippen molar-refractivity contribution in [3.8, 4) is 0 Å². The van der Waals surface area contributed by atoms with Gasteiger partial charge in [-0.3, -0.25) is 0 Å². The van der Waals surface area contributed by atoms with Crippen LogP contribution in [0.2, 0.25) is 0 Å². The van der Waals surface area contributed by atoms with E-state index in [-0.39, 0.29) is 5.48 Å². The third-order valence-electron chi connectivity index (χ3n) is 1.15. The van der Waals surface area contributed by atoms with E-state index in [0.717, 1.165) is 0 Å². The molecule has 0 aromatic carbocycles. The van der Waals surface area contributed by atoms with Crippen molar-refractivity contribution in [2.24, 2.45) is 7.05 Å². The molecule has 0 unspecified atom stereocenters. The largest absolute Gasteiger partial charge is 0.870 e. The maximum Gasteiger partial charge on any atom is 0.168 e. The van der Waals surface area contributed by atoms with E-state index in [1.54, 1.807) is 0 Å². The lowest BCUT2D eigenvalue weighted by Gasteiger charge is -1.85. The molecule has 2 nitrogen and oxygen atoms in total. The molecule has 1 aromatic rings. The fourth-order valence-corrected chi connectivity index (χ4v) is 0.576. The van der Waals surface area contributed by atoms with Gasteiger partial charge in [-0.05, 0) is 12.5 Å². The van der Waals surface area contributed by atoms with Crippen LogP contribution in [0.25, 0.3) is 0 Å². The second kappa shape index (κ2) is 3.20. The first kappa shape index (κ1) is 8.11. The average molecular weight is 125 g/mol. The minimum atomic E-state index is 0.